The van der Waals surface area contributed by atoms with Crippen LogP contribution in [0.3, 0.4) is 0 Å². The molecule has 6 nitrogen and oxygen atoms in total. The van der Waals surface area contributed by atoms with Gasteiger partial charge in [-0.15, -0.1) is 0 Å². The van der Waals surface area contributed by atoms with Gasteiger partial charge >= 0.3 is 0 Å². The van der Waals surface area contributed by atoms with Gasteiger partial charge in [0.2, 0.25) is 5.82 Å². The molecule has 1 atom stereocenters. The van der Waals surface area contributed by atoms with Crippen LogP contribution in [0.5, 0.6) is 0 Å². The summed E-state index contributed by atoms with van der Waals surface area (Å²) in [4.78, 5) is 4.14. The number of aryl methyl sites for hydroxylation is 2. The van der Waals surface area contributed by atoms with Gasteiger partial charge in [0.25, 0.3) is 5.89 Å². The van der Waals surface area contributed by atoms with E-state index in [4.69, 9.17) is 4.52 Å². The minimum atomic E-state index is -0.674. The van der Waals surface area contributed by atoms with Gasteiger partial charge in [-0.25, -0.2) is 0 Å². The molecule has 0 saturated carbocycles. The van der Waals surface area contributed by atoms with E-state index in [1.807, 2.05) is 27.0 Å². The molecule has 0 saturated heterocycles. The lowest BCUT2D eigenvalue weighted by atomic mass is 10.3. The second kappa shape index (κ2) is 4.05. The molecule has 0 aliphatic heterocycles. The molecule has 86 valence electrons. The molecule has 1 N–H and O–H groups in total. The first-order chi connectivity index (χ1) is 7.61. The zero-order chi connectivity index (χ0) is 11.7. The molecular formula is C10H14N4O2. The van der Waals surface area contributed by atoms with Crippen molar-refractivity contribution in [3.8, 4) is 11.6 Å². The Bertz CT molecular complexity index is 489. The van der Waals surface area contributed by atoms with Crippen LogP contribution in [-0.2, 0) is 7.05 Å². The Hall–Kier alpha value is -1.69. The molecule has 6 heteroatoms. The molecule has 2 aromatic rings. The number of nitrogens with zero attached hydrogens (tertiary/aromatic N) is 4. The minimum absolute atomic E-state index is 0.316. The molecule has 2 aromatic heterocycles. The van der Waals surface area contributed by atoms with Crippen LogP contribution >= 0.6 is 0 Å². The monoisotopic (exact) mass is 222 g/mol. The summed E-state index contributed by atoms with van der Waals surface area (Å²) in [6, 6.07) is 1.86. The standard InChI is InChI=1S/C10H14N4O2/c1-4-8(15)9-11-10(16-13-9)7-5-6(2)12-14(7)3/h5,8,15H,4H2,1-3H3. The SMILES string of the molecule is CCC(O)c1noc(-c2cc(C)nn2C)n1. The Morgan fingerprint density at radius 1 is 1.56 bits per heavy atom. The number of aromatic nitrogens is 4. The quantitative estimate of drug-likeness (QED) is 0.844. The fourth-order valence-corrected chi connectivity index (χ4v) is 1.47. The van der Waals surface area contributed by atoms with Gasteiger partial charge in [0, 0.05) is 7.05 Å². The average molecular weight is 222 g/mol. The maximum Gasteiger partial charge on any atom is 0.276 e. The Morgan fingerprint density at radius 2 is 2.31 bits per heavy atom. The molecule has 0 spiro atoms. The number of hydrogen-bond donors (Lipinski definition) is 1. The maximum atomic E-state index is 9.56. The highest BCUT2D eigenvalue weighted by molar-refractivity contribution is 5.47. The second-order valence-corrected chi connectivity index (χ2v) is 3.68. The summed E-state index contributed by atoms with van der Waals surface area (Å²) in [7, 11) is 1.81. The van der Waals surface area contributed by atoms with Gasteiger partial charge in [-0.3, -0.25) is 4.68 Å². The van der Waals surface area contributed by atoms with E-state index in [-0.39, 0.29) is 0 Å². The van der Waals surface area contributed by atoms with Crippen LogP contribution in [0.25, 0.3) is 11.6 Å². The van der Waals surface area contributed by atoms with E-state index in [9.17, 15) is 5.11 Å². The van der Waals surface area contributed by atoms with E-state index in [0.29, 0.717) is 18.1 Å². The van der Waals surface area contributed by atoms with Gasteiger partial charge in [0.05, 0.1) is 5.69 Å². The number of aliphatic hydroxyl groups excluding tert-OH is 1. The molecule has 1 unspecified atom stereocenters. The topological polar surface area (TPSA) is 77.0 Å². The Kier molecular flexibility index (Phi) is 2.74. The van der Waals surface area contributed by atoms with Crippen molar-refractivity contribution in [2.75, 3.05) is 0 Å². The highest BCUT2D eigenvalue weighted by Crippen LogP contribution is 2.20. The molecule has 2 heterocycles. The summed E-state index contributed by atoms with van der Waals surface area (Å²) in [5.74, 6) is 0.696. The maximum absolute atomic E-state index is 9.56. The Labute approximate surface area is 92.9 Å². The normalized spacial score (nSPS) is 13.0. The van der Waals surface area contributed by atoms with Gasteiger partial charge in [0.1, 0.15) is 11.8 Å². The third kappa shape index (κ3) is 1.83. The van der Waals surface area contributed by atoms with Crippen molar-refractivity contribution in [2.24, 2.45) is 7.05 Å². The molecule has 0 fully saturated rings. The zero-order valence-electron chi connectivity index (χ0n) is 9.51. The van der Waals surface area contributed by atoms with Crippen LogP contribution in [0.2, 0.25) is 0 Å². The van der Waals surface area contributed by atoms with Crippen LogP contribution in [0.15, 0.2) is 10.6 Å². The summed E-state index contributed by atoms with van der Waals surface area (Å²) in [6.07, 6.45) is -0.115. The smallest absolute Gasteiger partial charge is 0.276 e. The van der Waals surface area contributed by atoms with Gasteiger partial charge in [-0.05, 0) is 19.4 Å². The van der Waals surface area contributed by atoms with Crippen LogP contribution in [-0.4, -0.2) is 25.0 Å². The molecule has 0 bridgehead atoms. The average Bonchev–Trinajstić information content (AvgIpc) is 2.83. The molecule has 0 aliphatic carbocycles. The van der Waals surface area contributed by atoms with Crippen LogP contribution in [0, 0.1) is 6.92 Å². The third-order valence-corrected chi connectivity index (χ3v) is 2.35. The van der Waals surface area contributed by atoms with Crippen LogP contribution < -0.4 is 0 Å². The van der Waals surface area contributed by atoms with E-state index in [2.05, 4.69) is 15.2 Å². The summed E-state index contributed by atoms with van der Waals surface area (Å²) < 4.78 is 6.76. The first-order valence-corrected chi connectivity index (χ1v) is 5.14. The Balaban J connectivity index is 2.35. The fraction of sp³-hybridized carbons (Fsp3) is 0.500. The number of aliphatic hydroxyl groups is 1. The summed E-state index contributed by atoms with van der Waals surface area (Å²) >= 11 is 0. The van der Waals surface area contributed by atoms with Crippen molar-refractivity contribution in [1.29, 1.82) is 0 Å². The predicted molar refractivity (Wildman–Crippen MR) is 56.5 cm³/mol. The van der Waals surface area contributed by atoms with E-state index in [1.165, 1.54) is 0 Å². The predicted octanol–water partition coefficient (Wildman–Crippen LogP) is 1.22. The highest BCUT2D eigenvalue weighted by atomic mass is 16.5. The molecule has 0 amide bonds. The van der Waals surface area contributed by atoms with Gasteiger partial charge in [-0.2, -0.15) is 10.1 Å². The lowest BCUT2D eigenvalue weighted by molar-refractivity contribution is 0.159. The van der Waals surface area contributed by atoms with Crippen molar-refractivity contribution in [3.63, 3.8) is 0 Å². The third-order valence-electron chi connectivity index (χ3n) is 2.35. The highest BCUT2D eigenvalue weighted by Gasteiger charge is 2.17. The van der Waals surface area contributed by atoms with E-state index >= 15 is 0 Å². The molecular weight excluding hydrogens is 208 g/mol. The molecule has 16 heavy (non-hydrogen) atoms. The van der Waals surface area contributed by atoms with Gasteiger partial charge in [-0.1, -0.05) is 12.1 Å². The lowest BCUT2D eigenvalue weighted by Crippen LogP contribution is -1.98. The summed E-state index contributed by atoms with van der Waals surface area (Å²) in [6.45, 7) is 3.75. The zero-order valence-corrected chi connectivity index (χ0v) is 9.51. The Morgan fingerprint density at radius 3 is 2.88 bits per heavy atom. The van der Waals surface area contributed by atoms with Crippen molar-refractivity contribution in [1.82, 2.24) is 19.9 Å². The van der Waals surface area contributed by atoms with E-state index < -0.39 is 6.10 Å². The fourth-order valence-electron chi connectivity index (χ4n) is 1.47. The van der Waals surface area contributed by atoms with Crippen LogP contribution in [0.4, 0.5) is 0 Å². The van der Waals surface area contributed by atoms with Crippen molar-refractivity contribution in [2.45, 2.75) is 26.4 Å². The molecule has 0 aliphatic rings. The van der Waals surface area contributed by atoms with E-state index in [0.717, 1.165) is 11.4 Å². The van der Waals surface area contributed by atoms with Crippen LogP contribution in [0.1, 0.15) is 31.0 Å². The first-order valence-electron chi connectivity index (χ1n) is 5.14. The summed E-state index contributed by atoms with van der Waals surface area (Å²) in [5, 5.41) is 17.5. The summed E-state index contributed by atoms with van der Waals surface area (Å²) in [5.41, 5.74) is 1.63. The molecule has 2 rings (SSSR count). The number of hydrogen-bond acceptors (Lipinski definition) is 5. The van der Waals surface area contributed by atoms with Crippen molar-refractivity contribution >= 4 is 0 Å². The van der Waals surface area contributed by atoms with Gasteiger partial charge in [0.15, 0.2) is 0 Å². The van der Waals surface area contributed by atoms with E-state index in [1.54, 1.807) is 4.68 Å². The first kappa shape index (κ1) is 10.8. The molecule has 0 radical (unpaired) electrons. The minimum Gasteiger partial charge on any atom is -0.385 e. The lowest BCUT2D eigenvalue weighted by Gasteiger charge is -1.98. The van der Waals surface area contributed by atoms with Crippen molar-refractivity contribution in [3.05, 3.63) is 17.6 Å². The van der Waals surface area contributed by atoms with Gasteiger partial charge < -0.3 is 9.63 Å². The largest absolute Gasteiger partial charge is 0.385 e. The second-order valence-electron chi connectivity index (χ2n) is 3.68. The molecule has 0 aromatic carbocycles. The van der Waals surface area contributed by atoms with Crippen molar-refractivity contribution < 1.29 is 9.63 Å². The number of rotatable bonds is 3.